The van der Waals surface area contributed by atoms with Crippen molar-refractivity contribution in [3.05, 3.63) is 0 Å². The molecule has 2 atom stereocenters. The number of rotatable bonds is 2. The molecular weight excluding hydrogens is 174 g/mol. The molecule has 0 aliphatic carbocycles. The van der Waals surface area contributed by atoms with Crippen molar-refractivity contribution in [1.82, 2.24) is 0 Å². The van der Waals surface area contributed by atoms with E-state index < -0.39 is 12.0 Å². The molecule has 4 heteroatoms. The molecule has 0 aromatic heterocycles. The van der Waals surface area contributed by atoms with Gasteiger partial charge in [0.25, 0.3) is 0 Å². The molecule has 0 aliphatic rings. The molecule has 0 heterocycles. The fourth-order valence-electron chi connectivity index (χ4n) is 0.226. The van der Waals surface area contributed by atoms with Gasteiger partial charge in [0.15, 0.2) is 0 Å². The standard InChI is InChI=1S/C4H8BrNO2/c1-2(5)3(7)4(6)8/h2-3,7H,1H3,(H2,6,8)/t2-,3+/m0/s1. The van der Waals surface area contributed by atoms with E-state index in [1.165, 1.54) is 0 Å². The number of aliphatic hydroxyl groups excluding tert-OH is 1. The van der Waals surface area contributed by atoms with Crippen molar-refractivity contribution in [1.29, 1.82) is 0 Å². The lowest BCUT2D eigenvalue weighted by molar-refractivity contribution is -0.125. The van der Waals surface area contributed by atoms with E-state index in [4.69, 9.17) is 10.8 Å². The lowest BCUT2D eigenvalue weighted by Gasteiger charge is -2.06. The largest absolute Gasteiger partial charge is 0.382 e. The van der Waals surface area contributed by atoms with Crippen LogP contribution in [0.2, 0.25) is 0 Å². The van der Waals surface area contributed by atoms with Crippen LogP contribution in [-0.4, -0.2) is 21.9 Å². The van der Waals surface area contributed by atoms with Gasteiger partial charge in [-0.15, -0.1) is 0 Å². The van der Waals surface area contributed by atoms with Crippen molar-refractivity contribution in [3.8, 4) is 0 Å². The van der Waals surface area contributed by atoms with E-state index in [9.17, 15) is 4.79 Å². The maximum absolute atomic E-state index is 10.1. The van der Waals surface area contributed by atoms with Gasteiger partial charge in [-0.25, -0.2) is 0 Å². The van der Waals surface area contributed by atoms with Gasteiger partial charge in [-0.3, -0.25) is 4.79 Å². The summed E-state index contributed by atoms with van der Waals surface area (Å²) < 4.78 is 0. The van der Waals surface area contributed by atoms with Gasteiger partial charge in [-0.05, 0) is 6.92 Å². The number of alkyl halides is 1. The monoisotopic (exact) mass is 181 g/mol. The predicted molar refractivity (Wildman–Crippen MR) is 33.6 cm³/mol. The molecule has 0 spiro atoms. The lowest BCUT2D eigenvalue weighted by Crippen LogP contribution is -2.33. The maximum atomic E-state index is 10.1. The number of primary amides is 1. The highest BCUT2D eigenvalue weighted by Gasteiger charge is 2.15. The highest BCUT2D eigenvalue weighted by molar-refractivity contribution is 9.09. The summed E-state index contributed by atoms with van der Waals surface area (Å²) in [7, 11) is 0. The average Bonchev–Trinajstić information content (AvgIpc) is 1.64. The average molecular weight is 182 g/mol. The molecule has 0 saturated carbocycles. The summed E-state index contributed by atoms with van der Waals surface area (Å²) in [6, 6.07) is 0. The summed E-state index contributed by atoms with van der Waals surface area (Å²) in [6.07, 6.45) is -1.07. The topological polar surface area (TPSA) is 63.3 Å². The first kappa shape index (κ1) is 7.91. The quantitative estimate of drug-likeness (QED) is 0.571. The number of hydrogen-bond donors (Lipinski definition) is 2. The minimum atomic E-state index is -1.07. The van der Waals surface area contributed by atoms with E-state index in [0.717, 1.165) is 0 Å². The van der Waals surface area contributed by atoms with Crippen molar-refractivity contribution in [3.63, 3.8) is 0 Å². The Balaban J connectivity index is 3.64. The zero-order valence-electron chi connectivity index (χ0n) is 4.47. The Hall–Kier alpha value is -0.0900. The van der Waals surface area contributed by atoms with Crippen molar-refractivity contribution >= 4 is 21.8 Å². The van der Waals surface area contributed by atoms with Crippen LogP contribution in [-0.2, 0) is 4.79 Å². The van der Waals surface area contributed by atoms with E-state index in [1.807, 2.05) is 0 Å². The van der Waals surface area contributed by atoms with Gasteiger partial charge in [0.1, 0.15) is 6.10 Å². The van der Waals surface area contributed by atoms with Gasteiger partial charge < -0.3 is 10.8 Å². The first-order valence-corrected chi connectivity index (χ1v) is 3.08. The Bertz CT molecular complexity index is 94.0. The number of halogens is 1. The van der Waals surface area contributed by atoms with Crippen molar-refractivity contribution in [2.75, 3.05) is 0 Å². The molecule has 3 nitrogen and oxygen atoms in total. The third-order valence-corrected chi connectivity index (χ3v) is 1.23. The summed E-state index contributed by atoms with van der Waals surface area (Å²) in [5, 5.41) is 8.68. The van der Waals surface area contributed by atoms with Gasteiger partial charge in [-0.2, -0.15) is 0 Å². The third-order valence-electron chi connectivity index (χ3n) is 0.727. The maximum Gasteiger partial charge on any atom is 0.247 e. The van der Waals surface area contributed by atoms with Crippen molar-refractivity contribution < 1.29 is 9.90 Å². The summed E-state index contributed by atoms with van der Waals surface area (Å²) in [4.78, 5) is 9.82. The van der Waals surface area contributed by atoms with Crippen LogP contribution in [0.5, 0.6) is 0 Å². The molecule has 48 valence electrons. The van der Waals surface area contributed by atoms with Crippen molar-refractivity contribution in [2.24, 2.45) is 5.73 Å². The third kappa shape index (κ3) is 2.28. The Morgan fingerprint density at radius 3 is 2.25 bits per heavy atom. The normalized spacial score (nSPS) is 17.4. The van der Waals surface area contributed by atoms with E-state index in [2.05, 4.69) is 15.9 Å². The summed E-state index contributed by atoms with van der Waals surface area (Å²) in [6.45, 7) is 1.65. The molecule has 0 unspecified atom stereocenters. The zero-order valence-corrected chi connectivity index (χ0v) is 6.05. The van der Waals surface area contributed by atoms with E-state index >= 15 is 0 Å². The number of hydrogen-bond acceptors (Lipinski definition) is 2. The minimum Gasteiger partial charge on any atom is -0.382 e. The molecule has 3 N–H and O–H groups in total. The number of carbonyl (C=O) groups is 1. The highest BCUT2D eigenvalue weighted by Crippen LogP contribution is 2.02. The second-order valence-corrected chi connectivity index (χ2v) is 2.97. The molecule has 1 amide bonds. The van der Waals surface area contributed by atoms with Gasteiger partial charge >= 0.3 is 0 Å². The lowest BCUT2D eigenvalue weighted by atomic mass is 10.3. The number of amides is 1. The van der Waals surface area contributed by atoms with Gasteiger partial charge in [0.05, 0.1) is 0 Å². The second-order valence-electron chi connectivity index (χ2n) is 1.52. The SMILES string of the molecule is C[C@H](Br)[C@@H](O)C(N)=O. The van der Waals surface area contributed by atoms with Crippen LogP contribution in [0.4, 0.5) is 0 Å². The molecular formula is C4H8BrNO2. The van der Waals surface area contributed by atoms with Crippen LogP contribution in [0.3, 0.4) is 0 Å². The van der Waals surface area contributed by atoms with Gasteiger partial charge in [0, 0.05) is 4.83 Å². The van der Waals surface area contributed by atoms with Crippen LogP contribution in [0.25, 0.3) is 0 Å². The van der Waals surface area contributed by atoms with Crippen LogP contribution in [0, 0.1) is 0 Å². The van der Waals surface area contributed by atoms with Gasteiger partial charge in [0.2, 0.25) is 5.91 Å². The molecule has 0 fully saturated rings. The minimum absolute atomic E-state index is 0.264. The molecule has 0 radical (unpaired) electrons. The highest BCUT2D eigenvalue weighted by atomic mass is 79.9. The predicted octanol–water partition coefficient (Wildman–Crippen LogP) is -0.384. The van der Waals surface area contributed by atoms with Gasteiger partial charge in [-0.1, -0.05) is 15.9 Å². The molecule has 8 heavy (non-hydrogen) atoms. The molecule has 0 aromatic carbocycles. The first-order chi connectivity index (χ1) is 3.55. The molecule has 0 aromatic rings. The smallest absolute Gasteiger partial charge is 0.247 e. The van der Waals surface area contributed by atoms with Crippen LogP contribution in [0.15, 0.2) is 0 Å². The summed E-state index contributed by atoms with van der Waals surface area (Å²) in [5.41, 5.74) is 4.72. The van der Waals surface area contributed by atoms with E-state index in [-0.39, 0.29) is 4.83 Å². The molecule has 0 rings (SSSR count). The van der Waals surface area contributed by atoms with Crippen LogP contribution in [0.1, 0.15) is 6.92 Å². The second kappa shape index (κ2) is 3.04. The Morgan fingerprint density at radius 2 is 2.25 bits per heavy atom. The number of carbonyl (C=O) groups excluding carboxylic acids is 1. The molecule has 0 aliphatic heterocycles. The molecule has 0 saturated heterocycles. The van der Waals surface area contributed by atoms with E-state index in [0.29, 0.717) is 0 Å². The zero-order chi connectivity index (χ0) is 6.73. The summed E-state index contributed by atoms with van der Waals surface area (Å²) in [5.74, 6) is -0.700. The number of aliphatic hydroxyl groups is 1. The van der Waals surface area contributed by atoms with Crippen molar-refractivity contribution in [2.45, 2.75) is 17.9 Å². The Morgan fingerprint density at radius 1 is 1.88 bits per heavy atom. The first-order valence-electron chi connectivity index (χ1n) is 2.17. The van der Waals surface area contributed by atoms with E-state index in [1.54, 1.807) is 6.92 Å². The molecule has 0 bridgehead atoms. The number of nitrogens with two attached hydrogens (primary N) is 1. The Kier molecular flexibility index (Phi) is 3.01. The fourth-order valence-corrected chi connectivity index (χ4v) is 0.487. The van der Waals surface area contributed by atoms with Crippen LogP contribution < -0.4 is 5.73 Å². The fraction of sp³-hybridized carbons (Fsp3) is 0.750. The van der Waals surface area contributed by atoms with Crippen LogP contribution >= 0.6 is 15.9 Å². The summed E-state index contributed by atoms with van der Waals surface area (Å²) >= 11 is 2.99. The Labute approximate surface area is 56.0 Å².